The third-order valence-corrected chi connectivity index (χ3v) is 6.14. The van der Waals surface area contributed by atoms with Crippen LogP contribution in [0.4, 0.5) is 0 Å². The fourth-order valence-electron chi connectivity index (χ4n) is 4.17. The molecule has 0 saturated heterocycles. The maximum absolute atomic E-state index is 12.7. The standard InChI is InChI=1S/C22H25N5O/c1-13-5-3-7-20(14(13)2)27-21-8-4-6-17(16(21)12-23-27)24-22(28)19-11-18(25-26-19)15-9-10-15/h3,5,7,11-12,15,17H,4,6,8-10H2,1-2H3,(H,24,28)(H,25,26). The lowest BCUT2D eigenvalue weighted by atomic mass is 9.92. The van der Waals surface area contributed by atoms with E-state index in [2.05, 4.69) is 57.3 Å². The quantitative estimate of drug-likeness (QED) is 0.726. The molecule has 5 rings (SSSR count). The third-order valence-electron chi connectivity index (χ3n) is 6.14. The number of H-pyrrole nitrogens is 1. The van der Waals surface area contributed by atoms with Crippen molar-refractivity contribution >= 4 is 5.91 Å². The molecule has 2 aliphatic carbocycles. The van der Waals surface area contributed by atoms with Gasteiger partial charge in [0.2, 0.25) is 0 Å². The lowest BCUT2D eigenvalue weighted by Crippen LogP contribution is -2.31. The topological polar surface area (TPSA) is 75.6 Å². The second-order valence-corrected chi connectivity index (χ2v) is 8.08. The van der Waals surface area contributed by atoms with Crippen molar-refractivity contribution in [2.45, 2.75) is 57.9 Å². The first-order valence-corrected chi connectivity index (χ1v) is 10.1. The Morgan fingerprint density at radius 1 is 1.25 bits per heavy atom. The zero-order chi connectivity index (χ0) is 19.3. The summed E-state index contributed by atoms with van der Waals surface area (Å²) in [6.45, 7) is 4.26. The molecule has 1 unspecified atom stereocenters. The normalized spacial score (nSPS) is 18.7. The molecule has 3 aromatic rings. The van der Waals surface area contributed by atoms with Gasteiger partial charge in [0, 0.05) is 22.9 Å². The van der Waals surface area contributed by atoms with Gasteiger partial charge in [-0.1, -0.05) is 12.1 Å². The number of amides is 1. The molecule has 1 aromatic carbocycles. The van der Waals surface area contributed by atoms with Crippen LogP contribution in [-0.4, -0.2) is 25.9 Å². The molecule has 1 saturated carbocycles. The zero-order valence-corrected chi connectivity index (χ0v) is 16.3. The van der Waals surface area contributed by atoms with Crippen molar-refractivity contribution in [3.05, 3.63) is 64.2 Å². The average Bonchev–Trinajstić information content (AvgIpc) is 3.26. The number of aromatic nitrogens is 4. The largest absolute Gasteiger partial charge is 0.344 e. The number of fused-ring (bicyclic) bond motifs is 1. The SMILES string of the molecule is Cc1cccc(-n2ncc3c2CCCC3NC(=O)c2cc(C3CC3)[nH]n2)c1C. The lowest BCUT2D eigenvalue weighted by Gasteiger charge is -2.24. The Balaban J connectivity index is 1.41. The number of carbonyl (C=O) groups is 1. The van der Waals surface area contributed by atoms with Crippen LogP contribution < -0.4 is 5.32 Å². The highest BCUT2D eigenvalue weighted by Crippen LogP contribution is 2.39. The van der Waals surface area contributed by atoms with Crippen molar-refractivity contribution in [2.75, 3.05) is 0 Å². The van der Waals surface area contributed by atoms with Gasteiger partial charge in [0.1, 0.15) is 5.69 Å². The maximum Gasteiger partial charge on any atom is 0.272 e. The smallest absolute Gasteiger partial charge is 0.272 e. The summed E-state index contributed by atoms with van der Waals surface area (Å²) in [7, 11) is 0. The number of carbonyl (C=O) groups excluding carboxylic acids is 1. The number of aromatic amines is 1. The number of rotatable bonds is 4. The first kappa shape index (κ1) is 17.2. The molecule has 0 spiro atoms. The number of hydrogen-bond acceptors (Lipinski definition) is 3. The molecule has 6 nitrogen and oxygen atoms in total. The van der Waals surface area contributed by atoms with Crippen molar-refractivity contribution in [1.82, 2.24) is 25.3 Å². The van der Waals surface area contributed by atoms with Crippen LogP contribution in [0.15, 0.2) is 30.5 Å². The molecule has 2 N–H and O–H groups in total. The molecule has 144 valence electrons. The molecule has 0 bridgehead atoms. The molecule has 0 radical (unpaired) electrons. The van der Waals surface area contributed by atoms with Gasteiger partial charge in [0.15, 0.2) is 0 Å². The minimum absolute atomic E-state index is 0.0174. The van der Waals surface area contributed by atoms with E-state index in [9.17, 15) is 4.79 Å². The van der Waals surface area contributed by atoms with Crippen LogP contribution in [0.5, 0.6) is 0 Å². The van der Waals surface area contributed by atoms with Crippen molar-refractivity contribution < 1.29 is 4.79 Å². The Kier molecular flexibility index (Phi) is 4.07. The second-order valence-electron chi connectivity index (χ2n) is 8.08. The third kappa shape index (κ3) is 2.93. The fraction of sp³-hybridized carbons (Fsp3) is 0.409. The minimum Gasteiger partial charge on any atom is -0.344 e. The Morgan fingerprint density at radius 3 is 2.93 bits per heavy atom. The summed E-state index contributed by atoms with van der Waals surface area (Å²) in [4.78, 5) is 12.7. The Morgan fingerprint density at radius 2 is 2.11 bits per heavy atom. The zero-order valence-electron chi connectivity index (χ0n) is 16.3. The number of aryl methyl sites for hydroxylation is 1. The van der Waals surface area contributed by atoms with Crippen molar-refractivity contribution in [3.8, 4) is 5.69 Å². The minimum atomic E-state index is -0.111. The van der Waals surface area contributed by atoms with Crippen LogP contribution in [0.3, 0.4) is 0 Å². The highest BCUT2D eigenvalue weighted by atomic mass is 16.2. The van der Waals surface area contributed by atoms with E-state index in [0.29, 0.717) is 11.6 Å². The van der Waals surface area contributed by atoms with Crippen molar-refractivity contribution in [3.63, 3.8) is 0 Å². The van der Waals surface area contributed by atoms with E-state index >= 15 is 0 Å². The van der Waals surface area contributed by atoms with Gasteiger partial charge in [0.25, 0.3) is 5.91 Å². The van der Waals surface area contributed by atoms with E-state index in [1.807, 2.05) is 12.3 Å². The summed E-state index contributed by atoms with van der Waals surface area (Å²) in [6.07, 6.45) is 7.23. The molecule has 2 aliphatic rings. The highest BCUT2D eigenvalue weighted by Gasteiger charge is 2.29. The van der Waals surface area contributed by atoms with Gasteiger partial charge in [-0.25, -0.2) is 4.68 Å². The van der Waals surface area contributed by atoms with E-state index < -0.39 is 0 Å². The highest BCUT2D eigenvalue weighted by molar-refractivity contribution is 5.92. The van der Waals surface area contributed by atoms with Crippen molar-refractivity contribution in [2.24, 2.45) is 0 Å². The molecule has 2 aromatic heterocycles. The van der Waals surface area contributed by atoms with Gasteiger partial charge < -0.3 is 5.32 Å². The van der Waals surface area contributed by atoms with Gasteiger partial charge in [0.05, 0.1) is 17.9 Å². The second kappa shape index (κ2) is 6.62. The van der Waals surface area contributed by atoms with Crippen LogP contribution >= 0.6 is 0 Å². The fourth-order valence-corrected chi connectivity index (χ4v) is 4.17. The summed E-state index contributed by atoms with van der Waals surface area (Å²) in [6, 6.07) is 8.19. The molecule has 6 heteroatoms. The molecule has 28 heavy (non-hydrogen) atoms. The van der Waals surface area contributed by atoms with Gasteiger partial charge in [-0.3, -0.25) is 9.89 Å². The van der Waals surface area contributed by atoms with E-state index in [1.54, 1.807) is 0 Å². The first-order valence-electron chi connectivity index (χ1n) is 10.1. The summed E-state index contributed by atoms with van der Waals surface area (Å²) >= 11 is 0. The maximum atomic E-state index is 12.7. The number of benzene rings is 1. The Hall–Kier alpha value is -2.89. The summed E-state index contributed by atoms with van der Waals surface area (Å²) in [5.41, 5.74) is 7.50. The van der Waals surface area contributed by atoms with Crippen LogP contribution in [0, 0.1) is 13.8 Å². The molecular formula is C22H25N5O. The van der Waals surface area contributed by atoms with E-state index in [-0.39, 0.29) is 11.9 Å². The van der Waals surface area contributed by atoms with Gasteiger partial charge in [-0.05, 0) is 69.2 Å². The predicted molar refractivity (Wildman–Crippen MR) is 107 cm³/mol. The summed E-state index contributed by atoms with van der Waals surface area (Å²) in [5, 5.41) is 15.1. The van der Waals surface area contributed by atoms with Crippen LogP contribution in [0.1, 0.15) is 76.2 Å². The molecule has 1 fully saturated rings. The van der Waals surface area contributed by atoms with Gasteiger partial charge in [-0.15, -0.1) is 0 Å². The summed E-state index contributed by atoms with van der Waals surface area (Å²) < 4.78 is 2.05. The van der Waals surface area contributed by atoms with Gasteiger partial charge in [-0.2, -0.15) is 10.2 Å². The van der Waals surface area contributed by atoms with Crippen LogP contribution in [0.2, 0.25) is 0 Å². The molecule has 1 amide bonds. The van der Waals surface area contributed by atoms with E-state index in [1.165, 1.54) is 29.7 Å². The molecule has 0 aliphatic heterocycles. The Bertz CT molecular complexity index is 1040. The average molecular weight is 375 g/mol. The number of hydrogen-bond donors (Lipinski definition) is 2. The molecule has 2 heterocycles. The predicted octanol–water partition coefficient (Wildman–Crippen LogP) is 3.90. The monoisotopic (exact) mass is 375 g/mol. The van der Waals surface area contributed by atoms with Gasteiger partial charge >= 0.3 is 0 Å². The van der Waals surface area contributed by atoms with Crippen LogP contribution in [0.25, 0.3) is 5.69 Å². The summed E-state index contributed by atoms with van der Waals surface area (Å²) in [5.74, 6) is 0.451. The number of nitrogens with zero attached hydrogens (tertiary/aromatic N) is 3. The van der Waals surface area contributed by atoms with Crippen LogP contribution in [-0.2, 0) is 6.42 Å². The lowest BCUT2D eigenvalue weighted by molar-refractivity contribution is 0.0927. The van der Waals surface area contributed by atoms with E-state index in [0.717, 1.165) is 36.2 Å². The van der Waals surface area contributed by atoms with E-state index in [4.69, 9.17) is 0 Å². The molecular weight excluding hydrogens is 350 g/mol. The number of nitrogens with one attached hydrogen (secondary N) is 2. The Labute approximate surface area is 164 Å². The van der Waals surface area contributed by atoms with Crippen molar-refractivity contribution in [1.29, 1.82) is 0 Å². The first-order chi connectivity index (χ1) is 13.6. The molecule has 1 atom stereocenters.